The summed E-state index contributed by atoms with van der Waals surface area (Å²) in [7, 11) is 0. The summed E-state index contributed by atoms with van der Waals surface area (Å²) in [6.45, 7) is 3.94. The highest BCUT2D eigenvalue weighted by molar-refractivity contribution is 7.13. The quantitative estimate of drug-likeness (QED) is 0.451. The number of esters is 1. The zero-order chi connectivity index (χ0) is 19.5. The van der Waals surface area contributed by atoms with Crippen LogP contribution in [0.2, 0.25) is 0 Å². The number of hydrogen-bond acceptors (Lipinski definition) is 6. The second kappa shape index (κ2) is 7.82. The Morgan fingerprint density at radius 2 is 2.00 bits per heavy atom. The van der Waals surface area contributed by atoms with Gasteiger partial charge in [-0.15, -0.1) is 11.3 Å². The second-order valence-corrected chi connectivity index (χ2v) is 7.34. The first kappa shape index (κ1) is 18.2. The number of rotatable bonds is 6. The molecule has 0 N–H and O–H groups in total. The molecule has 0 bridgehead atoms. The number of aromatic nitrogens is 3. The van der Waals surface area contributed by atoms with E-state index in [2.05, 4.69) is 10.3 Å². The molecule has 0 saturated carbocycles. The highest BCUT2D eigenvalue weighted by Crippen LogP contribution is 2.25. The van der Waals surface area contributed by atoms with Crippen LogP contribution in [0.25, 0.3) is 16.3 Å². The maximum absolute atomic E-state index is 12.4. The SMILES string of the molecule is Cc1nn(-c2ccccc2)c(C)c1CC(=O)OCc1cc(-c2cccs2)on1. The predicted molar refractivity (Wildman–Crippen MR) is 106 cm³/mol. The van der Waals surface area contributed by atoms with Crippen LogP contribution in [0.15, 0.2) is 58.4 Å². The molecule has 0 spiro atoms. The van der Waals surface area contributed by atoms with Gasteiger partial charge in [0.25, 0.3) is 0 Å². The van der Waals surface area contributed by atoms with Crippen molar-refractivity contribution in [1.82, 2.24) is 14.9 Å². The normalized spacial score (nSPS) is 10.9. The van der Waals surface area contributed by atoms with Crippen LogP contribution in [0, 0.1) is 13.8 Å². The number of carbonyl (C=O) groups is 1. The molecule has 0 aliphatic carbocycles. The van der Waals surface area contributed by atoms with Crippen LogP contribution in [-0.2, 0) is 22.6 Å². The van der Waals surface area contributed by atoms with Crippen molar-refractivity contribution in [3.05, 3.63) is 76.6 Å². The molecule has 3 heterocycles. The van der Waals surface area contributed by atoms with E-state index < -0.39 is 0 Å². The molecular weight excluding hydrogens is 374 g/mol. The van der Waals surface area contributed by atoms with Crippen LogP contribution in [0.4, 0.5) is 0 Å². The van der Waals surface area contributed by atoms with E-state index in [1.54, 1.807) is 17.4 Å². The van der Waals surface area contributed by atoms with Crippen molar-refractivity contribution < 1.29 is 14.1 Å². The molecule has 0 radical (unpaired) electrons. The molecular formula is C21H19N3O3S. The van der Waals surface area contributed by atoms with Gasteiger partial charge in [0, 0.05) is 17.3 Å². The molecule has 0 fully saturated rings. The number of ether oxygens (including phenoxy) is 1. The van der Waals surface area contributed by atoms with Crippen LogP contribution in [0.3, 0.4) is 0 Å². The van der Waals surface area contributed by atoms with Crippen LogP contribution in [0.1, 0.15) is 22.6 Å². The minimum atomic E-state index is -0.320. The molecule has 7 heteroatoms. The van der Waals surface area contributed by atoms with E-state index in [0.29, 0.717) is 11.5 Å². The van der Waals surface area contributed by atoms with Crippen molar-refractivity contribution in [2.75, 3.05) is 0 Å². The molecule has 0 atom stereocenters. The summed E-state index contributed by atoms with van der Waals surface area (Å²) >= 11 is 1.57. The molecule has 0 amide bonds. The molecule has 0 unspecified atom stereocenters. The summed E-state index contributed by atoms with van der Waals surface area (Å²) in [5.74, 6) is 0.358. The average molecular weight is 393 g/mol. The number of carbonyl (C=O) groups excluding carboxylic acids is 1. The fraction of sp³-hybridized carbons (Fsp3) is 0.190. The monoisotopic (exact) mass is 393 g/mol. The molecule has 6 nitrogen and oxygen atoms in total. The third kappa shape index (κ3) is 3.75. The third-order valence-corrected chi connectivity index (χ3v) is 5.35. The summed E-state index contributed by atoms with van der Waals surface area (Å²) in [4.78, 5) is 13.3. The van der Waals surface area contributed by atoms with Gasteiger partial charge in [0.15, 0.2) is 5.76 Å². The first-order valence-electron chi connectivity index (χ1n) is 8.87. The van der Waals surface area contributed by atoms with E-state index in [4.69, 9.17) is 9.26 Å². The smallest absolute Gasteiger partial charge is 0.310 e. The minimum absolute atomic E-state index is 0.0820. The lowest BCUT2D eigenvalue weighted by molar-refractivity contribution is -0.144. The van der Waals surface area contributed by atoms with E-state index >= 15 is 0 Å². The van der Waals surface area contributed by atoms with Gasteiger partial charge in [0.05, 0.1) is 22.7 Å². The van der Waals surface area contributed by atoms with Crippen molar-refractivity contribution in [2.24, 2.45) is 0 Å². The van der Waals surface area contributed by atoms with Crippen LogP contribution >= 0.6 is 11.3 Å². The Hall–Kier alpha value is -3.19. The van der Waals surface area contributed by atoms with E-state index in [-0.39, 0.29) is 19.0 Å². The standard InChI is InChI=1S/C21H19N3O3S/c1-14-18(15(2)24(22-14)17-7-4-3-5-8-17)12-21(25)26-13-16-11-19(27-23-16)20-9-6-10-28-20/h3-11H,12-13H2,1-2H3. The van der Waals surface area contributed by atoms with Crippen LogP contribution in [-0.4, -0.2) is 20.9 Å². The van der Waals surface area contributed by atoms with Gasteiger partial charge in [-0.05, 0) is 37.4 Å². The summed E-state index contributed by atoms with van der Waals surface area (Å²) < 4.78 is 12.5. The fourth-order valence-corrected chi connectivity index (χ4v) is 3.69. The largest absolute Gasteiger partial charge is 0.459 e. The van der Waals surface area contributed by atoms with Crippen LogP contribution < -0.4 is 0 Å². The molecule has 3 aromatic heterocycles. The van der Waals surface area contributed by atoms with Crippen molar-refractivity contribution in [2.45, 2.75) is 26.9 Å². The highest BCUT2D eigenvalue weighted by atomic mass is 32.1. The lowest BCUT2D eigenvalue weighted by Crippen LogP contribution is -2.09. The molecule has 4 rings (SSSR count). The molecule has 28 heavy (non-hydrogen) atoms. The van der Waals surface area contributed by atoms with Crippen molar-refractivity contribution in [1.29, 1.82) is 0 Å². The minimum Gasteiger partial charge on any atom is -0.459 e. The molecule has 4 aromatic rings. The topological polar surface area (TPSA) is 70.2 Å². The van der Waals surface area contributed by atoms with Gasteiger partial charge in [-0.3, -0.25) is 4.79 Å². The number of aryl methyl sites for hydroxylation is 1. The van der Waals surface area contributed by atoms with E-state index in [9.17, 15) is 4.79 Å². The average Bonchev–Trinajstić information content (AvgIpc) is 3.44. The molecule has 0 aliphatic heterocycles. The maximum Gasteiger partial charge on any atom is 0.310 e. The predicted octanol–water partition coefficient (Wildman–Crippen LogP) is 4.49. The number of benzene rings is 1. The first-order valence-corrected chi connectivity index (χ1v) is 9.75. The Labute approximate surface area is 166 Å². The Kier molecular flexibility index (Phi) is 5.08. The zero-order valence-corrected chi connectivity index (χ0v) is 16.4. The van der Waals surface area contributed by atoms with Crippen molar-refractivity contribution in [3.63, 3.8) is 0 Å². The lowest BCUT2D eigenvalue weighted by atomic mass is 10.1. The Bertz CT molecular complexity index is 1080. The second-order valence-electron chi connectivity index (χ2n) is 6.39. The van der Waals surface area contributed by atoms with Gasteiger partial charge in [-0.1, -0.05) is 29.4 Å². The molecule has 142 valence electrons. The summed E-state index contributed by atoms with van der Waals surface area (Å²) in [6, 6.07) is 15.5. The fourth-order valence-electron chi connectivity index (χ4n) is 3.02. The zero-order valence-electron chi connectivity index (χ0n) is 15.6. The Morgan fingerprint density at radius 1 is 1.18 bits per heavy atom. The van der Waals surface area contributed by atoms with Gasteiger partial charge >= 0.3 is 5.97 Å². The van der Waals surface area contributed by atoms with Crippen LogP contribution in [0.5, 0.6) is 0 Å². The van der Waals surface area contributed by atoms with Gasteiger partial charge < -0.3 is 9.26 Å². The number of nitrogens with zero attached hydrogens (tertiary/aromatic N) is 3. The lowest BCUT2D eigenvalue weighted by Gasteiger charge is -2.05. The molecule has 1 aromatic carbocycles. The van der Waals surface area contributed by atoms with Gasteiger partial charge in [0.1, 0.15) is 12.3 Å². The van der Waals surface area contributed by atoms with Crippen molar-refractivity contribution >= 4 is 17.3 Å². The highest BCUT2D eigenvalue weighted by Gasteiger charge is 2.17. The molecule has 0 saturated heterocycles. The van der Waals surface area contributed by atoms with E-state index in [0.717, 1.165) is 27.5 Å². The number of thiophene rings is 1. The Balaban J connectivity index is 1.41. The summed E-state index contributed by atoms with van der Waals surface area (Å²) in [5.41, 5.74) is 4.19. The maximum atomic E-state index is 12.4. The summed E-state index contributed by atoms with van der Waals surface area (Å²) in [6.07, 6.45) is 0.167. The third-order valence-electron chi connectivity index (χ3n) is 4.47. The number of para-hydroxylation sites is 1. The number of hydrogen-bond donors (Lipinski definition) is 0. The van der Waals surface area contributed by atoms with Gasteiger partial charge in [-0.25, -0.2) is 4.68 Å². The van der Waals surface area contributed by atoms with Crippen molar-refractivity contribution in [3.8, 4) is 16.3 Å². The van der Waals surface area contributed by atoms with Gasteiger partial charge in [-0.2, -0.15) is 5.10 Å². The first-order chi connectivity index (χ1) is 13.6. The summed E-state index contributed by atoms with van der Waals surface area (Å²) in [5, 5.41) is 10.5. The Morgan fingerprint density at radius 3 is 2.75 bits per heavy atom. The van der Waals surface area contributed by atoms with Gasteiger partial charge in [0.2, 0.25) is 0 Å². The van der Waals surface area contributed by atoms with E-state index in [1.165, 1.54) is 0 Å². The molecule has 0 aliphatic rings. The van der Waals surface area contributed by atoms with E-state index in [1.807, 2.05) is 66.4 Å².